The maximum absolute atomic E-state index is 8.71. The first-order valence-electron chi connectivity index (χ1n) is 6.88. The summed E-state index contributed by atoms with van der Waals surface area (Å²) in [6.07, 6.45) is 6.51. The Morgan fingerprint density at radius 3 is 2.56 bits per heavy atom. The summed E-state index contributed by atoms with van der Waals surface area (Å²) in [6, 6.07) is 0. The summed E-state index contributed by atoms with van der Waals surface area (Å²) in [6.45, 7) is 6.05. The van der Waals surface area contributed by atoms with Gasteiger partial charge in [-0.15, -0.1) is 11.3 Å². The molecule has 1 aromatic rings. The highest BCUT2D eigenvalue weighted by atomic mass is 32.1. The van der Waals surface area contributed by atoms with E-state index in [0.717, 1.165) is 44.2 Å². The van der Waals surface area contributed by atoms with Crippen LogP contribution < -0.4 is 4.90 Å². The van der Waals surface area contributed by atoms with Crippen molar-refractivity contribution in [3.8, 4) is 0 Å². The summed E-state index contributed by atoms with van der Waals surface area (Å²) in [4.78, 5) is 9.29. The zero-order valence-electron chi connectivity index (χ0n) is 10.9. The number of hydrogen-bond acceptors (Lipinski definition) is 5. The number of nitrogens with zero attached hydrogens (tertiary/aromatic N) is 3. The van der Waals surface area contributed by atoms with Crippen molar-refractivity contribution in [1.82, 2.24) is 9.88 Å². The van der Waals surface area contributed by atoms with E-state index in [9.17, 15) is 0 Å². The summed E-state index contributed by atoms with van der Waals surface area (Å²) in [5.74, 6) is 0. The average Bonchev–Trinajstić information content (AvgIpc) is 2.93. The Hall–Kier alpha value is -0.650. The van der Waals surface area contributed by atoms with Crippen molar-refractivity contribution in [2.75, 3.05) is 44.2 Å². The van der Waals surface area contributed by atoms with Gasteiger partial charge in [-0.3, -0.25) is 4.90 Å². The van der Waals surface area contributed by atoms with Crippen molar-refractivity contribution >= 4 is 16.5 Å². The summed E-state index contributed by atoms with van der Waals surface area (Å²) >= 11 is 1.73. The van der Waals surface area contributed by atoms with Crippen LogP contribution in [0.1, 0.15) is 25.7 Å². The monoisotopic (exact) mass is 269 g/mol. The molecule has 5 heteroatoms. The molecule has 102 valence electrons. The number of rotatable bonds is 7. The molecule has 0 bridgehead atoms. The van der Waals surface area contributed by atoms with Gasteiger partial charge < -0.3 is 10.0 Å². The molecule has 0 unspecified atom stereocenters. The Bertz CT molecular complexity index is 310. The fraction of sp³-hybridized carbons (Fsp3) is 0.769. The summed E-state index contributed by atoms with van der Waals surface area (Å²) in [7, 11) is 0. The summed E-state index contributed by atoms with van der Waals surface area (Å²) in [5, 5.41) is 11.9. The van der Waals surface area contributed by atoms with Crippen LogP contribution >= 0.6 is 11.3 Å². The van der Waals surface area contributed by atoms with Crippen molar-refractivity contribution in [1.29, 1.82) is 0 Å². The van der Waals surface area contributed by atoms with Gasteiger partial charge in [0.2, 0.25) is 0 Å². The second kappa shape index (κ2) is 7.71. The third-order valence-electron chi connectivity index (χ3n) is 3.44. The predicted molar refractivity (Wildman–Crippen MR) is 76.3 cm³/mol. The van der Waals surface area contributed by atoms with Crippen LogP contribution in [0, 0.1) is 0 Å². The van der Waals surface area contributed by atoms with Crippen molar-refractivity contribution in [2.45, 2.75) is 25.7 Å². The smallest absolute Gasteiger partial charge is 0.185 e. The molecule has 1 fully saturated rings. The molecule has 2 heterocycles. The van der Waals surface area contributed by atoms with E-state index < -0.39 is 0 Å². The molecule has 0 spiro atoms. The quantitative estimate of drug-likeness (QED) is 0.767. The number of unbranched alkanes of at least 4 members (excludes halogenated alkanes) is 3. The highest BCUT2D eigenvalue weighted by Gasteiger charge is 2.17. The highest BCUT2D eigenvalue weighted by molar-refractivity contribution is 7.13. The largest absolute Gasteiger partial charge is 0.396 e. The minimum Gasteiger partial charge on any atom is -0.396 e. The minimum absolute atomic E-state index is 0.340. The lowest BCUT2D eigenvalue weighted by molar-refractivity contribution is 0.247. The molecular formula is C13H23N3OS. The Balaban J connectivity index is 1.59. The Morgan fingerprint density at radius 1 is 1.11 bits per heavy atom. The molecule has 0 radical (unpaired) electrons. The number of hydrogen-bond donors (Lipinski definition) is 1. The van der Waals surface area contributed by atoms with Crippen LogP contribution in [0.25, 0.3) is 0 Å². The Morgan fingerprint density at radius 2 is 1.89 bits per heavy atom. The van der Waals surface area contributed by atoms with Gasteiger partial charge in [0.1, 0.15) is 0 Å². The number of anilines is 1. The van der Waals surface area contributed by atoms with Crippen molar-refractivity contribution < 1.29 is 5.11 Å². The van der Waals surface area contributed by atoms with Gasteiger partial charge in [0.15, 0.2) is 5.13 Å². The van der Waals surface area contributed by atoms with Gasteiger partial charge in [-0.2, -0.15) is 0 Å². The predicted octanol–water partition coefficient (Wildman–Crippen LogP) is 1.82. The van der Waals surface area contributed by atoms with E-state index in [1.807, 2.05) is 11.6 Å². The molecular weight excluding hydrogens is 246 g/mol. The van der Waals surface area contributed by atoms with E-state index in [-0.39, 0.29) is 0 Å². The van der Waals surface area contributed by atoms with Crippen LogP contribution in [-0.2, 0) is 0 Å². The van der Waals surface area contributed by atoms with Crippen LogP contribution in [0.4, 0.5) is 5.13 Å². The first-order valence-corrected chi connectivity index (χ1v) is 7.76. The van der Waals surface area contributed by atoms with Crippen LogP contribution in [0.3, 0.4) is 0 Å². The number of aliphatic hydroxyl groups is 1. The second-order valence-electron chi connectivity index (χ2n) is 4.78. The summed E-state index contributed by atoms with van der Waals surface area (Å²) < 4.78 is 0. The van der Waals surface area contributed by atoms with Crippen molar-refractivity contribution in [3.05, 3.63) is 11.6 Å². The maximum Gasteiger partial charge on any atom is 0.185 e. The van der Waals surface area contributed by atoms with Gasteiger partial charge in [0.05, 0.1) is 0 Å². The van der Waals surface area contributed by atoms with E-state index in [1.54, 1.807) is 11.3 Å². The number of aromatic nitrogens is 1. The summed E-state index contributed by atoms with van der Waals surface area (Å²) in [5.41, 5.74) is 0. The van der Waals surface area contributed by atoms with Gasteiger partial charge >= 0.3 is 0 Å². The minimum atomic E-state index is 0.340. The molecule has 0 amide bonds. The third-order valence-corrected chi connectivity index (χ3v) is 4.28. The van der Waals surface area contributed by atoms with Crippen LogP contribution in [0.15, 0.2) is 11.6 Å². The standard InChI is InChI=1S/C13H23N3OS/c17-11-4-2-1-3-6-15-7-9-16(10-8-15)13-14-5-12-18-13/h5,12,17H,1-4,6-11H2. The number of thiazole rings is 1. The normalized spacial score (nSPS) is 17.3. The van der Waals surface area contributed by atoms with Gasteiger partial charge in [-0.05, 0) is 19.4 Å². The van der Waals surface area contributed by atoms with Gasteiger partial charge in [0.25, 0.3) is 0 Å². The lowest BCUT2D eigenvalue weighted by Gasteiger charge is -2.34. The molecule has 1 aromatic heterocycles. The SMILES string of the molecule is OCCCCCCN1CCN(c2nccs2)CC1. The van der Waals surface area contributed by atoms with Crippen LogP contribution in [0.2, 0.25) is 0 Å². The average molecular weight is 269 g/mol. The Kier molecular flexibility index (Phi) is 5.90. The fourth-order valence-corrected chi connectivity index (χ4v) is 3.03. The molecule has 18 heavy (non-hydrogen) atoms. The molecule has 0 atom stereocenters. The molecule has 2 rings (SSSR count). The zero-order chi connectivity index (χ0) is 12.6. The van der Waals surface area contributed by atoms with E-state index >= 15 is 0 Å². The first kappa shape index (κ1) is 13.8. The Labute approximate surface area is 113 Å². The van der Waals surface area contributed by atoms with Gasteiger partial charge in [0, 0.05) is 44.4 Å². The van der Waals surface area contributed by atoms with E-state index in [4.69, 9.17) is 5.11 Å². The van der Waals surface area contributed by atoms with Crippen LogP contribution in [-0.4, -0.2) is 54.3 Å². The molecule has 1 saturated heterocycles. The van der Waals surface area contributed by atoms with Crippen molar-refractivity contribution in [3.63, 3.8) is 0 Å². The molecule has 0 aromatic carbocycles. The number of aliphatic hydroxyl groups excluding tert-OH is 1. The third kappa shape index (κ3) is 4.23. The first-order chi connectivity index (χ1) is 8.90. The topological polar surface area (TPSA) is 39.6 Å². The molecule has 0 saturated carbocycles. The fourth-order valence-electron chi connectivity index (χ4n) is 2.34. The van der Waals surface area contributed by atoms with Crippen LogP contribution in [0.5, 0.6) is 0 Å². The highest BCUT2D eigenvalue weighted by Crippen LogP contribution is 2.18. The van der Waals surface area contributed by atoms with E-state index in [2.05, 4.69) is 14.8 Å². The van der Waals surface area contributed by atoms with Gasteiger partial charge in [-0.25, -0.2) is 4.98 Å². The van der Waals surface area contributed by atoms with Gasteiger partial charge in [-0.1, -0.05) is 12.8 Å². The molecule has 0 aliphatic carbocycles. The van der Waals surface area contributed by atoms with E-state index in [1.165, 1.54) is 19.4 Å². The lowest BCUT2D eigenvalue weighted by Crippen LogP contribution is -2.46. The number of piperazine rings is 1. The zero-order valence-corrected chi connectivity index (χ0v) is 11.7. The lowest BCUT2D eigenvalue weighted by atomic mass is 10.2. The molecule has 1 N–H and O–H groups in total. The molecule has 1 aliphatic rings. The maximum atomic E-state index is 8.71. The molecule has 1 aliphatic heterocycles. The second-order valence-corrected chi connectivity index (χ2v) is 5.65. The molecule has 4 nitrogen and oxygen atoms in total. The van der Waals surface area contributed by atoms with E-state index in [0.29, 0.717) is 6.61 Å². The van der Waals surface area contributed by atoms with Crippen molar-refractivity contribution in [2.24, 2.45) is 0 Å².